The number of aromatic nitrogens is 2. The van der Waals surface area contributed by atoms with Crippen molar-refractivity contribution >= 4 is 5.82 Å². The van der Waals surface area contributed by atoms with Crippen LogP contribution in [0.1, 0.15) is 49.2 Å². The molecule has 1 aliphatic heterocycles. The van der Waals surface area contributed by atoms with Crippen LogP contribution in [0, 0.1) is 0 Å². The van der Waals surface area contributed by atoms with E-state index in [0.29, 0.717) is 5.92 Å². The number of hydrogen-bond acceptors (Lipinski definition) is 4. The molecule has 4 heteroatoms. The fraction of sp³-hybridized carbons (Fsp3) is 0.714. The van der Waals surface area contributed by atoms with Gasteiger partial charge in [-0.2, -0.15) is 0 Å². The number of fused-ring (bicyclic) bond motifs is 1. The largest absolute Gasteiger partial charge is 0.381 e. The number of ether oxygens (including phenoxy) is 1. The lowest BCUT2D eigenvalue weighted by Crippen LogP contribution is -2.12. The van der Waals surface area contributed by atoms with Crippen LogP contribution in [-0.4, -0.2) is 29.7 Å². The zero-order chi connectivity index (χ0) is 12.4. The summed E-state index contributed by atoms with van der Waals surface area (Å²) in [7, 11) is 0. The standard InChI is InChI=1S/C14H21N3O/c1-2-7-15-14-11-4-3-5-12(11)16-13(17-14)10-6-8-18-9-10/h10H,2-9H2,1H3,(H,15,16,17). The fourth-order valence-corrected chi connectivity index (χ4v) is 2.76. The number of nitrogens with zero attached hydrogens (tertiary/aromatic N) is 2. The number of aryl methyl sites for hydroxylation is 1. The molecule has 0 amide bonds. The lowest BCUT2D eigenvalue weighted by Gasteiger charge is -2.14. The van der Waals surface area contributed by atoms with Gasteiger partial charge in [0.2, 0.25) is 0 Å². The van der Waals surface area contributed by atoms with Crippen molar-refractivity contribution in [3.63, 3.8) is 0 Å². The molecule has 3 rings (SSSR count). The summed E-state index contributed by atoms with van der Waals surface area (Å²) in [6.45, 7) is 4.80. The van der Waals surface area contributed by atoms with Crippen molar-refractivity contribution in [2.75, 3.05) is 25.1 Å². The topological polar surface area (TPSA) is 47.0 Å². The van der Waals surface area contributed by atoms with Gasteiger partial charge >= 0.3 is 0 Å². The zero-order valence-electron chi connectivity index (χ0n) is 11.0. The van der Waals surface area contributed by atoms with Crippen molar-refractivity contribution < 1.29 is 4.74 Å². The lowest BCUT2D eigenvalue weighted by atomic mass is 10.1. The van der Waals surface area contributed by atoms with Gasteiger partial charge in [-0.05, 0) is 32.1 Å². The van der Waals surface area contributed by atoms with Gasteiger partial charge in [0, 0.05) is 30.3 Å². The Balaban J connectivity index is 1.90. The number of rotatable bonds is 4. The third-order valence-electron chi connectivity index (χ3n) is 3.79. The molecule has 1 aromatic heterocycles. The van der Waals surface area contributed by atoms with E-state index < -0.39 is 0 Å². The van der Waals surface area contributed by atoms with Crippen LogP contribution in [0.2, 0.25) is 0 Å². The summed E-state index contributed by atoms with van der Waals surface area (Å²) in [6, 6.07) is 0. The van der Waals surface area contributed by atoms with E-state index in [1.807, 2.05) is 0 Å². The quantitative estimate of drug-likeness (QED) is 0.886. The van der Waals surface area contributed by atoms with E-state index in [2.05, 4.69) is 12.2 Å². The molecule has 1 atom stereocenters. The van der Waals surface area contributed by atoms with Gasteiger partial charge in [-0.3, -0.25) is 0 Å². The van der Waals surface area contributed by atoms with Crippen LogP contribution in [-0.2, 0) is 17.6 Å². The number of anilines is 1. The third kappa shape index (κ3) is 2.21. The minimum Gasteiger partial charge on any atom is -0.381 e. The molecule has 0 radical (unpaired) electrons. The average Bonchev–Trinajstić information content (AvgIpc) is 3.05. The van der Waals surface area contributed by atoms with Gasteiger partial charge < -0.3 is 10.1 Å². The van der Waals surface area contributed by atoms with Crippen molar-refractivity contribution in [2.45, 2.75) is 44.9 Å². The molecule has 4 nitrogen and oxygen atoms in total. The van der Waals surface area contributed by atoms with Crippen LogP contribution in [0.5, 0.6) is 0 Å². The van der Waals surface area contributed by atoms with Crippen LogP contribution >= 0.6 is 0 Å². The van der Waals surface area contributed by atoms with Gasteiger partial charge in [-0.15, -0.1) is 0 Å². The second-order valence-electron chi connectivity index (χ2n) is 5.20. The lowest BCUT2D eigenvalue weighted by molar-refractivity contribution is 0.193. The van der Waals surface area contributed by atoms with Crippen molar-refractivity contribution in [3.05, 3.63) is 17.1 Å². The molecule has 1 saturated heterocycles. The summed E-state index contributed by atoms with van der Waals surface area (Å²) < 4.78 is 5.45. The van der Waals surface area contributed by atoms with E-state index in [4.69, 9.17) is 14.7 Å². The van der Waals surface area contributed by atoms with Crippen LogP contribution in [0.4, 0.5) is 5.82 Å². The van der Waals surface area contributed by atoms with Gasteiger partial charge in [0.15, 0.2) is 0 Å². The highest BCUT2D eigenvalue weighted by Gasteiger charge is 2.25. The molecular formula is C14H21N3O. The SMILES string of the molecule is CCCNc1nc(C2CCOC2)nc2c1CCC2. The van der Waals surface area contributed by atoms with Gasteiger partial charge in [-0.25, -0.2) is 9.97 Å². The predicted octanol–water partition coefficient (Wildman–Crippen LogP) is 2.29. The summed E-state index contributed by atoms with van der Waals surface area (Å²) >= 11 is 0. The Labute approximate surface area is 108 Å². The van der Waals surface area contributed by atoms with Crippen LogP contribution in [0.25, 0.3) is 0 Å². The Morgan fingerprint density at radius 3 is 3.06 bits per heavy atom. The fourth-order valence-electron chi connectivity index (χ4n) is 2.76. The molecule has 1 aliphatic carbocycles. The Morgan fingerprint density at radius 2 is 2.28 bits per heavy atom. The molecule has 1 N–H and O–H groups in total. The third-order valence-corrected chi connectivity index (χ3v) is 3.79. The summed E-state index contributed by atoms with van der Waals surface area (Å²) in [4.78, 5) is 9.53. The van der Waals surface area contributed by atoms with Gasteiger partial charge in [0.1, 0.15) is 11.6 Å². The van der Waals surface area contributed by atoms with Crippen molar-refractivity contribution in [3.8, 4) is 0 Å². The second kappa shape index (κ2) is 5.22. The Bertz CT molecular complexity index is 427. The molecule has 98 valence electrons. The second-order valence-corrected chi connectivity index (χ2v) is 5.20. The number of hydrogen-bond donors (Lipinski definition) is 1. The normalized spacial score (nSPS) is 22.2. The highest BCUT2D eigenvalue weighted by atomic mass is 16.5. The Hall–Kier alpha value is -1.16. The monoisotopic (exact) mass is 247 g/mol. The first-order chi connectivity index (χ1) is 8.88. The molecule has 1 aromatic rings. The molecule has 18 heavy (non-hydrogen) atoms. The minimum atomic E-state index is 0.401. The molecule has 2 aliphatic rings. The minimum absolute atomic E-state index is 0.401. The van der Waals surface area contributed by atoms with E-state index in [0.717, 1.165) is 57.1 Å². The molecule has 0 aromatic carbocycles. The predicted molar refractivity (Wildman–Crippen MR) is 71.0 cm³/mol. The molecule has 0 spiro atoms. The maximum Gasteiger partial charge on any atom is 0.136 e. The van der Waals surface area contributed by atoms with E-state index >= 15 is 0 Å². The summed E-state index contributed by atoms with van der Waals surface area (Å²) in [5.74, 6) is 2.48. The first kappa shape index (κ1) is 11.9. The van der Waals surface area contributed by atoms with Crippen LogP contribution in [0.3, 0.4) is 0 Å². The van der Waals surface area contributed by atoms with Gasteiger partial charge in [0.05, 0.1) is 6.61 Å². The molecule has 1 fully saturated rings. The van der Waals surface area contributed by atoms with Gasteiger partial charge in [-0.1, -0.05) is 6.92 Å². The molecule has 1 unspecified atom stereocenters. The summed E-state index contributed by atoms with van der Waals surface area (Å²) in [5, 5.41) is 3.47. The molecular weight excluding hydrogens is 226 g/mol. The van der Waals surface area contributed by atoms with E-state index in [1.165, 1.54) is 17.7 Å². The average molecular weight is 247 g/mol. The van der Waals surface area contributed by atoms with Crippen molar-refractivity contribution in [1.29, 1.82) is 0 Å². The van der Waals surface area contributed by atoms with Gasteiger partial charge in [0.25, 0.3) is 0 Å². The van der Waals surface area contributed by atoms with Crippen LogP contribution < -0.4 is 5.32 Å². The molecule has 0 saturated carbocycles. The Morgan fingerprint density at radius 1 is 1.33 bits per heavy atom. The zero-order valence-corrected chi connectivity index (χ0v) is 11.0. The van der Waals surface area contributed by atoms with Crippen molar-refractivity contribution in [1.82, 2.24) is 9.97 Å². The highest BCUT2D eigenvalue weighted by Crippen LogP contribution is 2.30. The smallest absolute Gasteiger partial charge is 0.136 e. The maximum atomic E-state index is 5.45. The summed E-state index contributed by atoms with van der Waals surface area (Å²) in [6.07, 6.45) is 5.64. The first-order valence-electron chi connectivity index (χ1n) is 7.09. The number of nitrogens with one attached hydrogen (secondary N) is 1. The maximum absolute atomic E-state index is 5.45. The molecule has 2 heterocycles. The highest BCUT2D eigenvalue weighted by molar-refractivity contribution is 5.49. The van der Waals surface area contributed by atoms with E-state index in [-0.39, 0.29) is 0 Å². The summed E-state index contributed by atoms with van der Waals surface area (Å²) in [5.41, 5.74) is 2.62. The Kier molecular flexibility index (Phi) is 3.46. The first-order valence-corrected chi connectivity index (χ1v) is 7.09. The molecule has 0 bridgehead atoms. The van der Waals surface area contributed by atoms with Crippen LogP contribution in [0.15, 0.2) is 0 Å². The van der Waals surface area contributed by atoms with Crippen molar-refractivity contribution in [2.24, 2.45) is 0 Å². The van der Waals surface area contributed by atoms with E-state index in [1.54, 1.807) is 0 Å². The van der Waals surface area contributed by atoms with E-state index in [9.17, 15) is 0 Å².